The molecule has 1 amide bonds. The number of aliphatic hydroxyl groups is 1. The Morgan fingerprint density at radius 1 is 1.47 bits per heavy atom. The first-order valence-corrected chi connectivity index (χ1v) is 7.44. The lowest BCUT2D eigenvalue weighted by Crippen LogP contribution is -2.52. The standard InChI is InChI=1S/C15H30N2O2/c1-10(7-8-18)9-17-14(19)12-5-6-13(16)11(2)15(12,3)4/h10-13,18H,5-9,16H2,1-4H3,(H,17,19). The normalized spacial score (nSPS) is 31.8. The van der Waals surface area contributed by atoms with Crippen LogP contribution in [0.3, 0.4) is 0 Å². The van der Waals surface area contributed by atoms with Crippen molar-refractivity contribution in [1.29, 1.82) is 0 Å². The highest BCUT2D eigenvalue weighted by molar-refractivity contribution is 5.79. The molecule has 1 saturated carbocycles. The summed E-state index contributed by atoms with van der Waals surface area (Å²) in [4.78, 5) is 12.4. The van der Waals surface area contributed by atoms with E-state index in [-0.39, 0.29) is 29.9 Å². The highest BCUT2D eigenvalue weighted by atomic mass is 16.3. The molecule has 0 bridgehead atoms. The van der Waals surface area contributed by atoms with Gasteiger partial charge in [-0.3, -0.25) is 4.79 Å². The van der Waals surface area contributed by atoms with Crippen LogP contribution in [-0.4, -0.2) is 30.2 Å². The van der Waals surface area contributed by atoms with Crippen LogP contribution < -0.4 is 11.1 Å². The van der Waals surface area contributed by atoms with Gasteiger partial charge in [-0.25, -0.2) is 0 Å². The van der Waals surface area contributed by atoms with E-state index in [1.165, 1.54) is 0 Å². The zero-order chi connectivity index (χ0) is 14.6. The minimum absolute atomic E-state index is 0.0450. The second-order valence-electron chi connectivity index (χ2n) is 6.77. The van der Waals surface area contributed by atoms with Gasteiger partial charge < -0.3 is 16.2 Å². The first-order valence-electron chi connectivity index (χ1n) is 7.44. The fraction of sp³-hybridized carbons (Fsp3) is 0.933. The Bertz CT molecular complexity index is 305. The Morgan fingerprint density at radius 3 is 2.68 bits per heavy atom. The molecule has 112 valence electrons. The summed E-state index contributed by atoms with van der Waals surface area (Å²) >= 11 is 0. The van der Waals surface area contributed by atoms with Crippen LogP contribution in [0, 0.1) is 23.2 Å². The predicted molar refractivity (Wildman–Crippen MR) is 77.5 cm³/mol. The van der Waals surface area contributed by atoms with E-state index in [1.807, 2.05) is 6.92 Å². The van der Waals surface area contributed by atoms with E-state index in [4.69, 9.17) is 10.8 Å². The molecule has 0 radical (unpaired) electrons. The number of hydrogen-bond donors (Lipinski definition) is 3. The molecule has 0 spiro atoms. The molecule has 0 aromatic heterocycles. The monoisotopic (exact) mass is 270 g/mol. The summed E-state index contributed by atoms with van der Waals surface area (Å²) in [5, 5.41) is 11.9. The number of rotatable bonds is 5. The Kier molecular flexibility index (Phi) is 5.81. The molecular formula is C15H30N2O2. The number of carbonyl (C=O) groups excluding carboxylic acids is 1. The second kappa shape index (κ2) is 6.71. The van der Waals surface area contributed by atoms with E-state index in [0.717, 1.165) is 19.3 Å². The van der Waals surface area contributed by atoms with Gasteiger partial charge in [0.05, 0.1) is 0 Å². The molecule has 0 aliphatic heterocycles. The summed E-state index contributed by atoms with van der Waals surface area (Å²) in [5.41, 5.74) is 6.06. The Labute approximate surface area is 117 Å². The molecule has 0 aromatic rings. The summed E-state index contributed by atoms with van der Waals surface area (Å²) in [5.74, 6) is 0.865. The SMILES string of the molecule is CC(CCO)CNC(=O)C1CCC(N)C(C)C1(C)C. The van der Waals surface area contributed by atoms with Crippen LogP contribution in [-0.2, 0) is 4.79 Å². The van der Waals surface area contributed by atoms with Gasteiger partial charge in [0.25, 0.3) is 0 Å². The largest absolute Gasteiger partial charge is 0.396 e. The zero-order valence-electron chi connectivity index (χ0n) is 12.8. The minimum Gasteiger partial charge on any atom is -0.396 e. The highest BCUT2D eigenvalue weighted by Gasteiger charge is 2.44. The second-order valence-corrected chi connectivity index (χ2v) is 6.77. The van der Waals surface area contributed by atoms with Gasteiger partial charge in [-0.1, -0.05) is 27.7 Å². The number of amides is 1. The molecule has 0 saturated heterocycles. The molecule has 4 unspecified atom stereocenters. The average molecular weight is 270 g/mol. The van der Waals surface area contributed by atoms with Crippen LogP contribution in [0.1, 0.15) is 47.0 Å². The van der Waals surface area contributed by atoms with Crippen LogP contribution in [0.25, 0.3) is 0 Å². The third kappa shape index (κ3) is 3.93. The van der Waals surface area contributed by atoms with Gasteiger partial charge in [-0.15, -0.1) is 0 Å². The van der Waals surface area contributed by atoms with Crippen LogP contribution in [0.15, 0.2) is 0 Å². The molecule has 4 atom stereocenters. The van der Waals surface area contributed by atoms with E-state index >= 15 is 0 Å². The van der Waals surface area contributed by atoms with Crippen molar-refractivity contribution < 1.29 is 9.90 Å². The molecule has 1 rings (SSSR count). The lowest BCUT2D eigenvalue weighted by molar-refractivity contribution is -0.132. The van der Waals surface area contributed by atoms with E-state index in [9.17, 15) is 4.79 Å². The number of nitrogens with two attached hydrogens (primary N) is 1. The van der Waals surface area contributed by atoms with Crippen molar-refractivity contribution in [3.05, 3.63) is 0 Å². The van der Waals surface area contributed by atoms with Crippen molar-refractivity contribution in [2.75, 3.05) is 13.2 Å². The summed E-state index contributed by atoms with van der Waals surface area (Å²) in [6.07, 6.45) is 2.53. The van der Waals surface area contributed by atoms with Gasteiger partial charge in [0, 0.05) is 25.1 Å². The maximum Gasteiger partial charge on any atom is 0.223 e. The van der Waals surface area contributed by atoms with Crippen LogP contribution in [0.2, 0.25) is 0 Å². The van der Waals surface area contributed by atoms with E-state index in [1.54, 1.807) is 0 Å². The maximum atomic E-state index is 12.4. The van der Waals surface area contributed by atoms with Gasteiger partial charge in [0.2, 0.25) is 5.91 Å². The Morgan fingerprint density at radius 2 is 2.11 bits per heavy atom. The van der Waals surface area contributed by atoms with Crippen molar-refractivity contribution in [1.82, 2.24) is 5.32 Å². The van der Waals surface area contributed by atoms with Crippen LogP contribution >= 0.6 is 0 Å². The molecule has 19 heavy (non-hydrogen) atoms. The lowest BCUT2D eigenvalue weighted by atomic mass is 9.61. The number of carbonyl (C=O) groups is 1. The maximum absolute atomic E-state index is 12.4. The quantitative estimate of drug-likeness (QED) is 0.709. The molecule has 0 heterocycles. The fourth-order valence-corrected chi connectivity index (χ4v) is 3.04. The third-order valence-electron chi connectivity index (χ3n) is 5.07. The third-order valence-corrected chi connectivity index (χ3v) is 5.07. The molecule has 1 aliphatic carbocycles. The average Bonchev–Trinajstić information content (AvgIpc) is 2.34. The van der Waals surface area contributed by atoms with Gasteiger partial charge in [0.15, 0.2) is 0 Å². The van der Waals surface area contributed by atoms with E-state index < -0.39 is 0 Å². The molecule has 0 aromatic carbocycles. The van der Waals surface area contributed by atoms with Crippen LogP contribution in [0.4, 0.5) is 0 Å². The van der Waals surface area contributed by atoms with Crippen molar-refractivity contribution in [2.24, 2.45) is 28.9 Å². The van der Waals surface area contributed by atoms with Crippen molar-refractivity contribution in [3.63, 3.8) is 0 Å². The smallest absolute Gasteiger partial charge is 0.223 e. The van der Waals surface area contributed by atoms with Gasteiger partial charge >= 0.3 is 0 Å². The summed E-state index contributed by atoms with van der Waals surface area (Å²) in [7, 11) is 0. The summed E-state index contributed by atoms with van der Waals surface area (Å²) in [6.45, 7) is 9.32. The molecule has 4 N–H and O–H groups in total. The number of aliphatic hydroxyl groups excluding tert-OH is 1. The molecule has 4 nitrogen and oxygen atoms in total. The van der Waals surface area contributed by atoms with Crippen LogP contribution in [0.5, 0.6) is 0 Å². The van der Waals surface area contributed by atoms with E-state index in [2.05, 4.69) is 26.1 Å². The van der Waals surface area contributed by atoms with Crippen molar-refractivity contribution in [2.45, 2.75) is 53.0 Å². The number of nitrogens with one attached hydrogen (secondary N) is 1. The summed E-state index contributed by atoms with van der Waals surface area (Å²) < 4.78 is 0. The van der Waals surface area contributed by atoms with Crippen molar-refractivity contribution >= 4 is 5.91 Å². The van der Waals surface area contributed by atoms with E-state index in [0.29, 0.717) is 18.4 Å². The Balaban J connectivity index is 2.56. The molecular weight excluding hydrogens is 240 g/mol. The zero-order valence-corrected chi connectivity index (χ0v) is 12.8. The molecule has 4 heteroatoms. The molecule has 1 fully saturated rings. The molecule has 1 aliphatic rings. The predicted octanol–water partition coefficient (Wildman–Crippen LogP) is 1.52. The Hall–Kier alpha value is -0.610. The highest BCUT2D eigenvalue weighted by Crippen LogP contribution is 2.44. The van der Waals surface area contributed by atoms with Gasteiger partial charge in [-0.05, 0) is 36.5 Å². The van der Waals surface area contributed by atoms with Crippen molar-refractivity contribution in [3.8, 4) is 0 Å². The summed E-state index contributed by atoms with van der Waals surface area (Å²) in [6, 6.07) is 0.201. The minimum atomic E-state index is -0.0536. The van der Waals surface area contributed by atoms with Gasteiger partial charge in [-0.2, -0.15) is 0 Å². The fourth-order valence-electron chi connectivity index (χ4n) is 3.04. The number of hydrogen-bond acceptors (Lipinski definition) is 3. The first-order chi connectivity index (χ1) is 8.80. The lowest BCUT2D eigenvalue weighted by Gasteiger charge is -2.46. The topological polar surface area (TPSA) is 75.3 Å². The first kappa shape index (κ1) is 16.4. The van der Waals surface area contributed by atoms with Gasteiger partial charge in [0.1, 0.15) is 0 Å².